The van der Waals surface area contributed by atoms with Crippen LogP contribution in [0.4, 0.5) is 13.2 Å². The molecule has 1 fully saturated rings. The van der Waals surface area contributed by atoms with Crippen molar-refractivity contribution in [3.8, 4) is 0 Å². The number of carboxylic acid groups (broad SMARTS) is 1. The van der Waals surface area contributed by atoms with Gasteiger partial charge in [-0.25, -0.2) is 0 Å². The SMILES string of the molecule is NC1CCOCC1(CC(F)(F)F)C(=O)O. The quantitative estimate of drug-likeness (QED) is 0.730. The van der Waals surface area contributed by atoms with Crippen molar-refractivity contribution in [2.45, 2.75) is 25.1 Å². The molecule has 1 heterocycles. The highest BCUT2D eigenvalue weighted by molar-refractivity contribution is 5.76. The van der Waals surface area contributed by atoms with Crippen LogP contribution in [0.25, 0.3) is 0 Å². The maximum atomic E-state index is 12.2. The maximum Gasteiger partial charge on any atom is 0.390 e. The number of halogens is 3. The summed E-state index contributed by atoms with van der Waals surface area (Å²) in [6.45, 7) is -0.281. The number of alkyl halides is 3. The fourth-order valence-electron chi connectivity index (χ4n) is 1.68. The highest BCUT2D eigenvalue weighted by atomic mass is 19.4. The second-order valence-electron chi connectivity index (χ2n) is 3.70. The molecule has 7 heteroatoms. The van der Waals surface area contributed by atoms with Crippen molar-refractivity contribution < 1.29 is 27.8 Å². The molecular formula is C8H12F3NO3. The third kappa shape index (κ3) is 2.60. The van der Waals surface area contributed by atoms with Gasteiger partial charge in [-0.05, 0) is 6.42 Å². The van der Waals surface area contributed by atoms with E-state index in [0.29, 0.717) is 0 Å². The van der Waals surface area contributed by atoms with Crippen molar-refractivity contribution in [2.75, 3.05) is 13.2 Å². The Labute approximate surface area is 84.2 Å². The lowest BCUT2D eigenvalue weighted by atomic mass is 9.75. The van der Waals surface area contributed by atoms with Gasteiger partial charge in [0.2, 0.25) is 0 Å². The second-order valence-corrected chi connectivity index (χ2v) is 3.70. The molecule has 1 aliphatic heterocycles. The summed E-state index contributed by atoms with van der Waals surface area (Å²) in [5, 5.41) is 8.86. The van der Waals surface area contributed by atoms with E-state index in [-0.39, 0.29) is 13.0 Å². The Morgan fingerprint density at radius 3 is 2.60 bits per heavy atom. The van der Waals surface area contributed by atoms with Gasteiger partial charge in [0.1, 0.15) is 5.41 Å². The lowest BCUT2D eigenvalue weighted by molar-refractivity contribution is -0.195. The monoisotopic (exact) mass is 227 g/mol. The highest BCUT2D eigenvalue weighted by Gasteiger charge is 2.53. The first-order chi connectivity index (χ1) is 6.78. The third-order valence-electron chi connectivity index (χ3n) is 2.58. The van der Waals surface area contributed by atoms with Crippen LogP contribution in [0.2, 0.25) is 0 Å². The normalized spacial score (nSPS) is 32.7. The van der Waals surface area contributed by atoms with E-state index in [4.69, 9.17) is 15.6 Å². The molecule has 2 unspecified atom stereocenters. The Balaban J connectivity index is 2.91. The van der Waals surface area contributed by atoms with E-state index in [9.17, 15) is 18.0 Å². The molecule has 1 rings (SSSR count). The zero-order chi connectivity index (χ0) is 11.7. The van der Waals surface area contributed by atoms with Gasteiger partial charge in [-0.2, -0.15) is 13.2 Å². The number of aliphatic carboxylic acids is 1. The Bertz CT molecular complexity index is 256. The molecule has 0 aromatic carbocycles. The molecular weight excluding hydrogens is 215 g/mol. The number of carbonyl (C=O) groups is 1. The van der Waals surface area contributed by atoms with Crippen LogP contribution in [0.5, 0.6) is 0 Å². The van der Waals surface area contributed by atoms with Gasteiger partial charge in [0.25, 0.3) is 0 Å². The van der Waals surface area contributed by atoms with Gasteiger partial charge in [0, 0.05) is 12.6 Å². The van der Waals surface area contributed by atoms with Gasteiger partial charge in [-0.3, -0.25) is 4.79 Å². The van der Waals surface area contributed by atoms with Gasteiger partial charge in [0.05, 0.1) is 13.0 Å². The van der Waals surface area contributed by atoms with Crippen molar-refractivity contribution >= 4 is 5.97 Å². The lowest BCUT2D eigenvalue weighted by Gasteiger charge is -2.38. The Hall–Kier alpha value is -0.820. The maximum absolute atomic E-state index is 12.2. The minimum atomic E-state index is -4.56. The van der Waals surface area contributed by atoms with Crippen LogP contribution >= 0.6 is 0 Å². The lowest BCUT2D eigenvalue weighted by Crippen LogP contribution is -2.56. The fourth-order valence-corrected chi connectivity index (χ4v) is 1.68. The van der Waals surface area contributed by atoms with Crippen LogP contribution in [-0.2, 0) is 9.53 Å². The summed E-state index contributed by atoms with van der Waals surface area (Å²) in [6.07, 6.45) is -5.88. The van der Waals surface area contributed by atoms with Crippen molar-refractivity contribution in [1.82, 2.24) is 0 Å². The molecule has 0 aromatic heterocycles. The topological polar surface area (TPSA) is 72.5 Å². The van der Waals surface area contributed by atoms with E-state index in [1.807, 2.05) is 0 Å². The van der Waals surface area contributed by atoms with E-state index in [0.717, 1.165) is 0 Å². The predicted molar refractivity (Wildman–Crippen MR) is 44.2 cm³/mol. The van der Waals surface area contributed by atoms with E-state index in [2.05, 4.69) is 0 Å². The molecule has 1 aliphatic rings. The fraction of sp³-hybridized carbons (Fsp3) is 0.875. The van der Waals surface area contributed by atoms with Crippen LogP contribution in [0, 0.1) is 5.41 Å². The summed E-state index contributed by atoms with van der Waals surface area (Å²) in [4.78, 5) is 10.9. The molecule has 1 saturated heterocycles. The first-order valence-corrected chi connectivity index (χ1v) is 4.41. The van der Waals surface area contributed by atoms with Crippen LogP contribution in [0.1, 0.15) is 12.8 Å². The first kappa shape index (κ1) is 12.3. The van der Waals surface area contributed by atoms with Crippen LogP contribution in [0.3, 0.4) is 0 Å². The van der Waals surface area contributed by atoms with Crippen molar-refractivity contribution in [3.05, 3.63) is 0 Å². The summed E-state index contributed by atoms with van der Waals surface area (Å²) in [5.74, 6) is -1.55. The second kappa shape index (κ2) is 3.97. The first-order valence-electron chi connectivity index (χ1n) is 4.41. The molecule has 88 valence electrons. The Morgan fingerprint density at radius 1 is 1.60 bits per heavy atom. The Morgan fingerprint density at radius 2 is 2.20 bits per heavy atom. The molecule has 0 amide bonds. The number of ether oxygens (including phenoxy) is 1. The number of hydrogen-bond acceptors (Lipinski definition) is 3. The molecule has 0 aliphatic carbocycles. The molecule has 2 atom stereocenters. The summed E-state index contributed by atoms with van der Waals surface area (Å²) in [5.41, 5.74) is 3.43. The number of rotatable bonds is 2. The van der Waals surface area contributed by atoms with Crippen LogP contribution in [0.15, 0.2) is 0 Å². The smallest absolute Gasteiger partial charge is 0.390 e. The van der Waals surface area contributed by atoms with Gasteiger partial charge < -0.3 is 15.6 Å². The highest BCUT2D eigenvalue weighted by Crippen LogP contribution is 2.39. The predicted octanol–water partition coefficient (Wildman–Crippen LogP) is 0.757. The minimum Gasteiger partial charge on any atom is -0.481 e. The summed E-state index contributed by atoms with van der Waals surface area (Å²) in [6, 6.07) is -1.02. The van der Waals surface area contributed by atoms with Gasteiger partial charge in [0.15, 0.2) is 0 Å². The number of hydrogen-bond donors (Lipinski definition) is 2. The average molecular weight is 227 g/mol. The van der Waals surface area contributed by atoms with E-state index in [1.165, 1.54) is 0 Å². The standard InChI is InChI=1S/C8H12F3NO3/c9-8(10,11)3-7(6(13)14)4-15-2-1-5(7)12/h5H,1-4,12H2,(H,13,14). The number of carboxylic acids is 1. The van der Waals surface area contributed by atoms with Gasteiger partial charge in [-0.1, -0.05) is 0 Å². The third-order valence-corrected chi connectivity index (χ3v) is 2.58. The summed E-state index contributed by atoms with van der Waals surface area (Å²) < 4.78 is 41.5. The molecule has 0 spiro atoms. The van der Waals surface area contributed by atoms with Gasteiger partial charge in [-0.15, -0.1) is 0 Å². The van der Waals surface area contributed by atoms with Crippen molar-refractivity contribution in [2.24, 2.45) is 11.1 Å². The molecule has 15 heavy (non-hydrogen) atoms. The zero-order valence-corrected chi connectivity index (χ0v) is 7.88. The van der Waals surface area contributed by atoms with Crippen LogP contribution in [-0.4, -0.2) is 36.5 Å². The Kier molecular flexibility index (Phi) is 3.25. The largest absolute Gasteiger partial charge is 0.481 e. The molecule has 0 saturated carbocycles. The minimum absolute atomic E-state index is 0.127. The van der Waals surface area contributed by atoms with Crippen molar-refractivity contribution in [3.63, 3.8) is 0 Å². The van der Waals surface area contributed by atoms with Crippen LogP contribution < -0.4 is 5.73 Å². The molecule has 4 nitrogen and oxygen atoms in total. The van der Waals surface area contributed by atoms with E-state index in [1.54, 1.807) is 0 Å². The van der Waals surface area contributed by atoms with E-state index >= 15 is 0 Å². The van der Waals surface area contributed by atoms with Gasteiger partial charge >= 0.3 is 12.1 Å². The van der Waals surface area contributed by atoms with Crippen molar-refractivity contribution in [1.29, 1.82) is 0 Å². The molecule has 0 bridgehead atoms. The molecule has 3 N–H and O–H groups in total. The molecule has 0 radical (unpaired) electrons. The molecule has 0 aromatic rings. The summed E-state index contributed by atoms with van der Waals surface area (Å²) in [7, 11) is 0. The summed E-state index contributed by atoms with van der Waals surface area (Å²) >= 11 is 0. The number of nitrogens with two attached hydrogens (primary N) is 1. The average Bonchev–Trinajstić information content (AvgIpc) is 2.06. The zero-order valence-electron chi connectivity index (χ0n) is 7.88. The van der Waals surface area contributed by atoms with E-state index < -0.39 is 36.6 Å².